The van der Waals surface area contributed by atoms with E-state index < -0.39 is 0 Å². The van der Waals surface area contributed by atoms with Gasteiger partial charge in [-0.3, -0.25) is 0 Å². The van der Waals surface area contributed by atoms with Crippen LogP contribution in [0.2, 0.25) is 0 Å². The van der Waals surface area contributed by atoms with Gasteiger partial charge in [0.1, 0.15) is 5.75 Å². The second kappa shape index (κ2) is 4.58. The monoisotopic (exact) mass is 218 g/mol. The highest BCUT2D eigenvalue weighted by molar-refractivity contribution is 5.85. The molecule has 0 atom stereocenters. The number of benzene rings is 1. The predicted octanol–water partition coefficient (Wildman–Crippen LogP) is 2.25. The van der Waals surface area contributed by atoms with Crippen LogP contribution < -0.4 is 10.1 Å². The van der Waals surface area contributed by atoms with Gasteiger partial charge >= 0.3 is 0 Å². The van der Waals surface area contributed by atoms with E-state index in [0.717, 1.165) is 24.2 Å². The number of rotatable bonds is 4. The summed E-state index contributed by atoms with van der Waals surface area (Å²) in [5.41, 5.74) is 3.80. The van der Waals surface area contributed by atoms with Crippen molar-refractivity contribution in [1.29, 1.82) is 0 Å². The van der Waals surface area contributed by atoms with Gasteiger partial charge in [0.2, 0.25) is 0 Å². The molecule has 0 saturated heterocycles. The van der Waals surface area contributed by atoms with Crippen LogP contribution >= 0.6 is 0 Å². The number of hydrogen-bond acceptors (Lipinski definition) is 2. The third-order valence-electron chi connectivity index (χ3n) is 2.99. The molecule has 0 aliphatic rings. The van der Waals surface area contributed by atoms with Gasteiger partial charge in [-0.2, -0.15) is 0 Å². The van der Waals surface area contributed by atoms with Crippen LogP contribution in [0.4, 0.5) is 0 Å². The first kappa shape index (κ1) is 11.0. The summed E-state index contributed by atoms with van der Waals surface area (Å²) < 4.78 is 5.22. The average Bonchev–Trinajstić information content (AvgIpc) is 2.63. The van der Waals surface area contributed by atoms with Gasteiger partial charge in [-0.1, -0.05) is 0 Å². The molecule has 2 aromatic rings. The molecule has 2 rings (SSSR count). The zero-order valence-corrected chi connectivity index (χ0v) is 10.1. The SMILES string of the molecule is CNCCc1[nH]c2cc(OC)ccc2c1C. The van der Waals surface area contributed by atoms with Crippen LogP contribution in [0.5, 0.6) is 5.75 Å². The molecule has 2 N–H and O–H groups in total. The lowest BCUT2D eigenvalue weighted by molar-refractivity contribution is 0.415. The molecule has 1 heterocycles. The van der Waals surface area contributed by atoms with Crippen molar-refractivity contribution < 1.29 is 4.74 Å². The lowest BCUT2D eigenvalue weighted by atomic mass is 10.1. The first-order valence-electron chi connectivity index (χ1n) is 5.56. The Kier molecular flexibility index (Phi) is 3.15. The molecule has 0 aliphatic carbocycles. The molecule has 0 aliphatic heterocycles. The molecule has 1 aromatic heterocycles. The van der Waals surface area contributed by atoms with Crippen molar-refractivity contribution in [3.8, 4) is 5.75 Å². The summed E-state index contributed by atoms with van der Waals surface area (Å²) in [5.74, 6) is 0.897. The highest BCUT2D eigenvalue weighted by atomic mass is 16.5. The quantitative estimate of drug-likeness (QED) is 0.826. The normalized spacial score (nSPS) is 10.9. The van der Waals surface area contributed by atoms with Crippen molar-refractivity contribution in [3.05, 3.63) is 29.5 Å². The fourth-order valence-electron chi connectivity index (χ4n) is 2.00. The molecule has 3 nitrogen and oxygen atoms in total. The third-order valence-corrected chi connectivity index (χ3v) is 2.99. The van der Waals surface area contributed by atoms with E-state index in [2.05, 4.69) is 23.3 Å². The van der Waals surface area contributed by atoms with E-state index in [0.29, 0.717) is 0 Å². The summed E-state index contributed by atoms with van der Waals surface area (Å²) in [5, 5.41) is 4.45. The van der Waals surface area contributed by atoms with Crippen LogP contribution in [-0.4, -0.2) is 25.7 Å². The van der Waals surface area contributed by atoms with Gasteiger partial charge in [0, 0.05) is 35.6 Å². The zero-order valence-electron chi connectivity index (χ0n) is 10.1. The van der Waals surface area contributed by atoms with E-state index in [4.69, 9.17) is 4.74 Å². The predicted molar refractivity (Wildman–Crippen MR) is 67.2 cm³/mol. The van der Waals surface area contributed by atoms with Gasteiger partial charge in [-0.15, -0.1) is 0 Å². The van der Waals surface area contributed by atoms with Crippen molar-refractivity contribution in [2.75, 3.05) is 20.7 Å². The molecule has 16 heavy (non-hydrogen) atoms. The minimum absolute atomic E-state index is 0.897. The van der Waals surface area contributed by atoms with Crippen LogP contribution in [0.15, 0.2) is 18.2 Å². The van der Waals surface area contributed by atoms with Gasteiger partial charge in [0.25, 0.3) is 0 Å². The Morgan fingerprint density at radius 3 is 2.88 bits per heavy atom. The molecular weight excluding hydrogens is 200 g/mol. The lowest BCUT2D eigenvalue weighted by Gasteiger charge is -1.98. The van der Waals surface area contributed by atoms with Crippen molar-refractivity contribution in [3.63, 3.8) is 0 Å². The smallest absolute Gasteiger partial charge is 0.120 e. The molecule has 0 bridgehead atoms. The number of methoxy groups -OCH3 is 1. The Morgan fingerprint density at radius 1 is 1.38 bits per heavy atom. The van der Waals surface area contributed by atoms with E-state index in [1.54, 1.807) is 7.11 Å². The van der Waals surface area contributed by atoms with Gasteiger partial charge in [0.15, 0.2) is 0 Å². The maximum absolute atomic E-state index is 5.22. The number of likely N-dealkylation sites (N-methyl/N-ethyl adjacent to an activating group) is 1. The summed E-state index contributed by atoms with van der Waals surface area (Å²) >= 11 is 0. The van der Waals surface area contributed by atoms with E-state index in [-0.39, 0.29) is 0 Å². The summed E-state index contributed by atoms with van der Waals surface area (Å²) in [7, 11) is 3.67. The second-order valence-corrected chi connectivity index (χ2v) is 3.99. The highest BCUT2D eigenvalue weighted by Crippen LogP contribution is 2.25. The Morgan fingerprint density at radius 2 is 2.19 bits per heavy atom. The maximum atomic E-state index is 5.22. The zero-order chi connectivity index (χ0) is 11.5. The Hall–Kier alpha value is -1.48. The Bertz CT molecular complexity index is 488. The van der Waals surface area contributed by atoms with Gasteiger partial charge in [-0.25, -0.2) is 0 Å². The summed E-state index contributed by atoms with van der Waals surface area (Å²) in [4.78, 5) is 3.45. The minimum atomic E-state index is 0.897. The second-order valence-electron chi connectivity index (χ2n) is 3.99. The third kappa shape index (κ3) is 1.91. The topological polar surface area (TPSA) is 37.0 Å². The van der Waals surface area contributed by atoms with Gasteiger partial charge in [0.05, 0.1) is 7.11 Å². The van der Waals surface area contributed by atoms with Crippen molar-refractivity contribution >= 4 is 10.9 Å². The molecule has 1 aromatic carbocycles. The average molecular weight is 218 g/mol. The number of fused-ring (bicyclic) bond motifs is 1. The molecule has 86 valence electrons. The summed E-state index contributed by atoms with van der Waals surface area (Å²) in [6.07, 6.45) is 1.03. The van der Waals surface area contributed by atoms with Crippen LogP contribution in [-0.2, 0) is 6.42 Å². The number of H-pyrrole nitrogens is 1. The first-order chi connectivity index (χ1) is 7.76. The molecule has 0 saturated carbocycles. The summed E-state index contributed by atoms with van der Waals surface area (Å²) in [6.45, 7) is 3.15. The van der Waals surface area contributed by atoms with E-state index in [1.165, 1.54) is 16.6 Å². The van der Waals surface area contributed by atoms with Crippen molar-refractivity contribution in [1.82, 2.24) is 10.3 Å². The first-order valence-corrected chi connectivity index (χ1v) is 5.56. The Balaban J connectivity index is 2.41. The lowest BCUT2D eigenvalue weighted by Crippen LogP contribution is -2.10. The largest absolute Gasteiger partial charge is 0.497 e. The van der Waals surface area contributed by atoms with E-state index >= 15 is 0 Å². The van der Waals surface area contributed by atoms with E-state index in [9.17, 15) is 0 Å². The molecule has 3 heteroatoms. The van der Waals surface area contributed by atoms with Gasteiger partial charge in [-0.05, 0) is 31.7 Å². The van der Waals surface area contributed by atoms with Crippen molar-refractivity contribution in [2.45, 2.75) is 13.3 Å². The number of ether oxygens (including phenoxy) is 1. The molecule has 0 radical (unpaired) electrons. The number of hydrogen-bond donors (Lipinski definition) is 2. The Labute approximate surface area is 95.8 Å². The molecule has 0 spiro atoms. The van der Waals surface area contributed by atoms with Crippen LogP contribution in [0.3, 0.4) is 0 Å². The number of aromatic nitrogens is 1. The number of nitrogens with one attached hydrogen (secondary N) is 2. The molecule has 0 unspecified atom stereocenters. The molecular formula is C13H18N2O. The molecule has 0 fully saturated rings. The van der Waals surface area contributed by atoms with Crippen LogP contribution in [0, 0.1) is 6.92 Å². The highest BCUT2D eigenvalue weighted by Gasteiger charge is 2.07. The van der Waals surface area contributed by atoms with Crippen molar-refractivity contribution in [2.24, 2.45) is 0 Å². The standard InChI is InChI=1S/C13H18N2O/c1-9-11-5-4-10(16-3)8-13(11)15-12(9)6-7-14-2/h4-5,8,14-15H,6-7H2,1-3H3. The van der Waals surface area contributed by atoms with E-state index in [1.807, 2.05) is 19.2 Å². The summed E-state index contributed by atoms with van der Waals surface area (Å²) in [6, 6.07) is 6.17. The number of aromatic amines is 1. The van der Waals surface area contributed by atoms with Crippen LogP contribution in [0.1, 0.15) is 11.3 Å². The number of aryl methyl sites for hydroxylation is 1. The van der Waals surface area contributed by atoms with Gasteiger partial charge < -0.3 is 15.0 Å². The minimum Gasteiger partial charge on any atom is -0.497 e. The fourth-order valence-corrected chi connectivity index (χ4v) is 2.00. The fraction of sp³-hybridized carbons (Fsp3) is 0.385. The maximum Gasteiger partial charge on any atom is 0.120 e. The molecule has 0 amide bonds. The van der Waals surface area contributed by atoms with Crippen LogP contribution in [0.25, 0.3) is 10.9 Å².